The van der Waals surface area contributed by atoms with Crippen LogP contribution in [-0.4, -0.2) is 27.6 Å². The Hall–Kier alpha value is -2.35. The molecule has 0 bridgehead atoms. The molecule has 2 amide bonds. The van der Waals surface area contributed by atoms with Gasteiger partial charge in [0, 0.05) is 12.1 Å². The first kappa shape index (κ1) is 21.4. The van der Waals surface area contributed by atoms with E-state index in [1.807, 2.05) is 13.8 Å². The van der Waals surface area contributed by atoms with Crippen LogP contribution in [-0.2, 0) is 0 Å². The van der Waals surface area contributed by atoms with Gasteiger partial charge < -0.3 is 10.6 Å². The topological polar surface area (TPSA) is 76.0 Å². The van der Waals surface area contributed by atoms with Crippen molar-refractivity contribution in [2.75, 3.05) is 5.32 Å². The van der Waals surface area contributed by atoms with Crippen molar-refractivity contribution in [2.24, 2.45) is 0 Å². The number of carbonyl (C=O) groups excluding carboxylic acids is 2. The molecule has 0 radical (unpaired) electrons. The van der Waals surface area contributed by atoms with Gasteiger partial charge in [-0.15, -0.1) is 0 Å². The number of hydrogen-bond acceptors (Lipinski definition) is 3. The second-order valence-electron chi connectivity index (χ2n) is 6.46. The van der Waals surface area contributed by atoms with Crippen LogP contribution in [0.3, 0.4) is 0 Å². The summed E-state index contributed by atoms with van der Waals surface area (Å²) >= 11 is 15.8. The van der Waals surface area contributed by atoms with Crippen LogP contribution in [0.2, 0.25) is 10.0 Å². The molecule has 0 spiro atoms. The minimum absolute atomic E-state index is 0.0670. The lowest BCUT2D eigenvalue weighted by atomic mass is 10.1. The number of aromatic nitrogens is 2. The fraction of sp³-hybridized carbons (Fsp3) is 0.150. The van der Waals surface area contributed by atoms with Gasteiger partial charge in [-0.05, 0) is 54.0 Å². The summed E-state index contributed by atoms with van der Waals surface area (Å²) in [5.41, 5.74) is 1.25. The van der Waals surface area contributed by atoms with Gasteiger partial charge in [0.15, 0.2) is 0 Å². The number of amides is 2. The average Bonchev–Trinajstić information content (AvgIpc) is 3.04. The highest BCUT2D eigenvalue weighted by Gasteiger charge is 2.22. The summed E-state index contributed by atoms with van der Waals surface area (Å²) in [5.74, 6) is -0.826. The summed E-state index contributed by atoms with van der Waals surface area (Å²) in [4.78, 5) is 25.6. The zero-order valence-corrected chi connectivity index (χ0v) is 18.6. The van der Waals surface area contributed by atoms with Gasteiger partial charge in [0.25, 0.3) is 11.8 Å². The minimum atomic E-state index is -0.491. The molecule has 0 unspecified atom stereocenters. The monoisotopic (exact) mass is 494 g/mol. The molecule has 2 aromatic carbocycles. The predicted octanol–water partition coefficient (Wildman–Crippen LogP) is 5.33. The Labute approximate surface area is 186 Å². The van der Waals surface area contributed by atoms with E-state index in [-0.39, 0.29) is 33.9 Å². The van der Waals surface area contributed by atoms with Crippen molar-refractivity contribution in [3.63, 3.8) is 0 Å². The number of rotatable bonds is 5. The fourth-order valence-electron chi connectivity index (χ4n) is 2.68. The van der Waals surface area contributed by atoms with Crippen LogP contribution >= 0.6 is 39.1 Å². The lowest BCUT2D eigenvalue weighted by Gasteiger charge is -2.15. The first-order valence-corrected chi connectivity index (χ1v) is 10.2. The molecule has 150 valence electrons. The second-order valence-corrected chi connectivity index (χ2v) is 8.09. The van der Waals surface area contributed by atoms with Gasteiger partial charge in [0.2, 0.25) is 0 Å². The molecule has 0 aliphatic rings. The summed E-state index contributed by atoms with van der Waals surface area (Å²) in [5, 5.41) is 10.5. The number of hydrogen-bond donors (Lipinski definition) is 2. The molecule has 0 atom stereocenters. The Kier molecular flexibility index (Phi) is 6.62. The van der Waals surface area contributed by atoms with Crippen LogP contribution in [0.1, 0.15) is 34.7 Å². The highest BCUT2D eigenvalue weighted by Crippen LogP contribution is 2.28. The highest BCUT2D eigenvalue weighted by molar-refractivity contribution is 9.10. The molecular formula is C20H17BrCl2N4O2. The van der Waals surface area contributed by atoms with Crippen molar-refractivity contribution >= 4 is 56.6 Å². The van der Waals surface area contributed by atoms with Crippen molar-refractivity contribution in [1.82, 2.24) is 15.1 Å². The smallest absolute Gasteiger partial charge is 0.274 e. The van der Waals surface area contributed by atoms with Gasteiger partial charge in [-0.3, -0.25) is 9.59 Å². The quantitative estimate of drug-likeness (QED) is 0.502. The van der Waals surface area contributed by atoms with Crippen LogP contribution in [0.15, 0.2) is 53.1 Å². The molecule has 1 aromatic heterocycles. The van der Waals surface area contributed by atoms with Crippen LogP contribution in [0.5, 0.6) is 0 Å². The maximum atomic E-state index is 13.1. The Morgan fingerprint density at radius 3 is 2.41 bits per heavy atom. The van der Waals surface area contributed by atoms with Crippen molar-refractivity contribution in [3.05, 3.63) is 74.4 Å². The first-order valence-electron chi connectivity index (χ1n) is 8.69. The molecule has 1 heterocycles. The van der Waals surface area contributed by atoms with Crippen molar-refractivity contribution in [2.45, 2.75) is 19.9 Å². The second kappa shape index (κ2) is 8.98. The van der Waals surface area contributed by atoms with Crippen LogP contribution in [0, 0.1) is 0 Å². The number of carbonyl (C=O) groups is 2. The standard InChI is InChI=1S/C20H17BrCl2N4O2/c1-11(2)24-19(28)12-6-5-8-14(23)18(12)25-20(29)16-10-17(21)26-27(16)15-9-4-3-7-13(15)22/h3-11H,1-2H3,(H,24,28)(H,25,29). The maximum absolute atomic E-state index is 13.1. The van der Waals surface area contributed by atoms with E-state index in [1.165, 1.54) is 4.68 Å². The molecule has 0 aliphatic heterocycles. The van der Waals surface area contributed by atoms with E-state index in [0.717, 1.165) is 0 Å². The average molecular weight is 496 g/mol. The number of nitrogens with zero attached hydrogens (tertiary/aromatic N) is 2. The number of anilines is 1. The Bertz CT molecular complexity index is 1080. The zero-order valence-electron chi connectivity index (χ0n) is 15.5. The van der Waals surface area contributed by atoms with Gasteiger partial charge >= 0.3 is 0 Å². The molecule has 3 aromatic rings. The SMILES string of the molecule is CC(C)NC(=O)c1cccc(Cl)c1NC(=O)c1cc(Br)nn1-c1ccccc1Cl. The number of nitrogens with one attached hydrogen (secondary N) is 2. The van der Waals surface area contributed by atoms with E-state index in [4.69, 9.17) is 23.2 Å². The van der Waals surface area contributed by atoms with Crippen molar-refractivity contribution in [1.29, 1.82) is 0 Å². The Morgan fingerprint density at radius 1 is 1.03 bits per heavy atom. The summed E-state index contributed by atoms with van der Waals surface area (Å²) in [6.07, 6.45) is 0. The first-order chi connectivity index (χ1) is 13.8. The van der Waals surface area contributed by atoms with Crippen molar-refractivity contribution < 1.29 is 9.59 Å². The van der Waals surface area contributed by atoms with Gasteiger partial charge in [0.05, 0.1) is 27.0 Å². The molecule has 0 fully saturated rings. The number of halogens is 3. The summed E-state index contributed by atoms with van der Waals surface area (Å²) in [7, 11) is 0. The summed E-state index contributed by atoms with van der Waals surface area (Å²) in [6, 6.07) is 13.4. The predicted molar refractivity (Wildman–Crippen MR) is 118 cm³/mol. The zero-order chi connectivity index (χ0) is 21.1. The molecule has 0 saturated carbocycles. The van der Waals surface area contributed by atoms with Crippen LogP contribution < -0.4 is 10.6 Å². The van der Waals surface area contributed by atoms with E-state index in [9.17, 15) is 9.59 Å². The highest BCUT2D eigenvalue weighted by atomic mass is 79.9. The summed E-state index contributed by atoms with van der Waals surface area (Å²) < 4.78 is 1.88. The third-order valence-electron chi connectivity index (χ3n) is 3.91. The Balaban J connectivity index is 1.99. The van der Waals surface area contributed by atoms with Crippen LogP contribution in [0.25, 0.3) is 5.69 Å². The van der Waals surface area contributed by atoms with E-state index < -0.39 is 5.91 Å². The molecule has 6 nitrogen and oxygen atoms in total. The molecule has 29 heavy (non-hydrogen) atoms. The maximum Gasteiger partial charge on any atom is 0.274 e. The van der Waals surface area contributed by atoms with Gasteiger partial charge in [-0.1, -0.05) is 41.4 Å². The largest absolute Gasteiger partial charge is 0.350 e. The third kappa shape index (κ3) is 4.80. The van der Waals surface area contributed by atoms with Crippen LogP contribution in [0.4, 0.5) is 5.69 Å². The fourth-order valence-corrected chi connectivity index (χ4v) is 3.49. The number of para-hydroxylation sites is 2. The normalized spacial score (nSPS) is 10.8. The third-order valence-corrected chi connectivity index (χ3v) is 4.93. The Morgan fingerprint density at radius 2 is 1.72 bits per heavy atom. The van der Waals surface area contributed by atoms with Gasteiger partial charge in [-0.25, -0.2) is 4.68 Å². The molecule has 2 N–H and O–H groups in total. The molecule has 0 aliphatic carbocycles. The molecular weight excluding hydrogens is 479 g/mol. The van der Waals surface area contributed by atoms with E-state index in [1.54, 1.807) is 48.5 Å². The molecule has 3 rings (SSSR count). The lowest BCUT2D eigenvalue weighted by molar-refractivity contribution is 0.0944. The number of benzene rings is 2. The van der Waals surface area contributed by atoms with Crippen molar-refractivity contribution in [3.8, 4) is 5.69 Å². The van der Waals surface area contributed by atoms with E-state index in [0.29, 0.717) is 15.3 Å². The molecule has 0 saturated heterocycles. The lowest BCUT2D eigenvalue weighted by Crippen LogP contribution is -2.31. The summed E-state index contributed by atoms with van der Waals surface area (Å²) in [6.45, 7) is 3.70. The minimum Gasteiger partial charge on any atom is -0.350 e. The molecule has 9 heteroatoms. The van der Waals surface area contributed by atoms with Gasteiger partial charge in [-0.2, -0.15) is 5.10 Å². The van der Waals surface area contributed by atoms with E-state index in [2.05, 4.69) is 31.7 Å². The van der Waals surface area contributed by atoms with Gasteiger partial charge in [0.1, 0.15) is 10.3 Å². The van der Waals surface area contributed by atoms with E-state index >= 15 is 0 Å².